The van der Waals surface area contributed by atoms with E-state index >= 15 is 0 Å². The Bertz CT molecular complexity index is 1090. The van der Waals surface area contributed by atoms with Gasteiger partial charge in [0, 0.05) is 16.6 Å². The second-order valence-electron chi connectivity index (χ2n) is 7.24. The molecule has 0 unspecified atom stereocenters. The van der Waals surface area contributed by atoms with Crippen LogP contribution in [-0.2, 0) is 6.54 Å². The number of aromatic nitrogens is 5. The highest BCUT2D eigenvalue weighted by atomic mass is 32.1. The Morgan fingerprint density at radius 3 is 2.70 bits per heavy atom. The van der Waals surface area contributed by atoms with E-state index in [1.807, 2.05) is 23.6 Å². The number of benzene rings is 1. The molecule has 4 heterocycles. The summed E-state index contributed by atoms with van der Waals surface area (Å²) in [5.74, 6) is 0.935. The van der Waals surface area contributed by atoms with Crippen molar-refractivity contribution in [2.24, 2.45) is 0 Å². The molecule has 1 aliphatic heterocycles. The lowest BCUT2D eigenvalue weighted by molar-refractivity contribution is 0.268. The van der Waals surface area contributed by atoms with E-state index < -0.39 is 0 Å². The molecule has 5 rings (SSSR count). The van der Waals surface area contributed by atoms with Gasteiger partial charge >= 0.3 is 0 Å². The fourth-order valence-corrected chi connectivity index (χ4v) is 4.73. The molecular weight excluding hydrogens is 356 g/mol. The van der Waals surface area contributed by atoms with E-state index in [-0.39, 0.29) is 0 Å². The number of hydrogen-bond acceptors (Lipinski definition) is 6. The standard InChI is InChI=1S/C20H22N6S/c1-14-12-16(15-8-4-5-9-17(15)21-14)19-24-26-18(22-23-20(26)27-19)13-25-10-6-2-3-7-11-25/h4-5,8-9,12H,2-3,6-7,10-11,13H2,1H3. The quantitative estimate of drug-likeness (QED) is 0.537. The molecule has 0 amide bonds. The summed E-state index contributed by atoms with van der Waals surface area (Å²) in [6, 6.07) is 10.3. The molecule has 1 aromatic carbocycles. The van der Waals surface area contributed by atoms with E-state index in [0.717, 1.165) is 57.6 Å². The van der Waals surface area contributed by atoms with Gasteiger partial charge in [-0.15, -0.1) is 10.2 Å². The third kappa shape index (κ3) is 3.21. The Morgan fingerprint density at radius 1 is 1.04 bits per heavy atom. The van der Waals surface area contributed by atoms with E-state index in [1.54, 1.807) is 11.3 Å². The highest BCUT2D eigenvalue weighted by molar-refractivity contribution is 7.19. The molecule has 0 atom stereocenters. The zero-order valence-corrected chi connectivity index (χ0v) is 16.2. The first-order valence-electron chi connectivity index (χ1n) is 9.58. The van der Waals surface area contributed by atoms with Gasteiger partial charge in [0.15, 0.2) is 5.82 Å². The Morgan fingerprint density at radius 2 is 1.85 bits per heavy atom. The van der Waals surface area contributed by atoms with Crippen molar-refractivity contribution in [3.8, 4) is 10.6 Å². The molecule has 1 saturated heterocycles. The summed E-state index contributed by atoms with van der Waals surface area (Å²) >= 11 is 1.59. The van der Waals surface area contributed by atoms with Crippen LogP contribution in [-0.4, -0.2) is 42.8 Å². The fraction of sp³-hybridized carbons (Fsp3) is 0.400. The minimum absolute atomic E-state index is 0.820. The van der Waals surface area contributed by atoms with Gasteiger partial charge in [0.1, 0.15) is 5.01 Å². The van der Waals surface area contributed by atoms with Gasteiger partial charge in [-0.1, -0.05) is 42.4 Å². The Kier molecular flexibility index (Phi) is 4.33. The van der Waals surface area contributed by atoms with Crippen LogP contribution in [0.4, 0.5) is 0 Å². The van der Waals surface area contributed by atoms with Crippen LogP contribution in [0.2, 0.25) is 0 Å². The minimum atomic E-state index is 0.820. The molecule has 138 valence electrons. The largest absolute Gasteiger partial charge is 0.296 e. The van der Waals surface area contributed by atoms with Crippen LogP contribution < -0.4 is 0 Å². The summed E-state index contributed by atoms with van der Waals surface area (Å²) in [6.45, 7) is 5.13. The maximum Gasteiger partial charge on any atom is 0.235 e. The number of aryl methyl sites for hydroxylation is 1. The highest BCUT2D eigenvalue weighted by Crippen LogP contribution is 2.32. The van der Waals surface area contributed by atoms with E-state index in [0.29, 0.717) is 0 Å². The number of hydrogen-bond donors (Lipinski definition) is 0. The van der Waals surface area contributed by atoms with Crippen LogP contribution in [0, 0.1) is 6.92 Å². The fourth-order valence-electron chi connectivity index (χ4n) is 3.84. The van der Waals surface area contributed by atoms with Crippen molar-refractivity contribution < 1.29 is 0 Å². The van der Waals surface area contributed by atoms with Gasteiger partial charge < -0.3 is 0 Å². The van der Waals surface area contributed by atoms with Gasteiger partial charge in [-0.3, -0.25) is 9.88 Å². The molecule has 27 heavy (non-hydrogen) atoms. The predicted molar refractivity (Wildman–Crippen MR) is 108 cm³/mol. The van der Waals surface area contributed by atoms with Crippen LogP contribution in [0.3, 0.4) is 0 Å². The third-order valence-electron chi connectivity index (χ3n) is 5.19. The molecule has 0 saturated carbocycles. The van der Waals surface area contributed by atoms with Gasteiger partial charge in [-0.2, -0.15) is 9.61 Å². The molecule has 0 N–H and O–H groups in total. The SMILES string of the molecule is Cc1cc(-c2nn3c(CN4CCCCCC4)nnc3s2)c2ccccc2n1. The van der Waals surface area contributed by atoms with Crippen LogP contribution in [0.15, 0.2) is 30.3 Å². The first kappa shape index (κ1) is 16.8. The zero-order chi connectivity index (χ0) is 18.2. The highest BCUT2D eigenvalue weighted by Gasteiger charge is 2.18. The summed E-state index contributed by atoms with van der Waals surface area (Å²) < 4.78 is 1.93. The summed E-state index contributed by atoms with van der Waals surface area (Å²) in [4.78, 5) is 7.98. The molecule has 1 fully saturated rings. The van der Waals surface area contributed by atoms with Gasteiger partial charge in [0.25, 0.3) is 0 Å². The van der Waals surface area contributed by atoms with Gasteiger partial charge in [-0.25, -0.2) is 0 Å². The summed E-state index contributed by atoms with van der Waals surface area (Å²) in [5, 5.41) is 15.8. The minimum Gasteiger partial charge on any atom is -0.296 e. The second kappa shape index (κ2) is 6.98. The number of fused-ring (bicyclic) bond motifs is 2. The average Bonchev–Trinajstić information content (AvgIpc) is 3.14. The maximum absolute atomic E-state index is 4.88. The maximum atomic E-state index is 4.88. The number of likely N-dealkylation sites (tertiary alicyclic amines) is 1. The summed E-state index contributed by atoms with van der Waals surface area (Å²) in [5.41, 5.74) is 3.12. The molecule has 0 radical (unpaired) electrons. The topological polar surface area (TPSA) is 59.2 Å². The van der Waals surface area contributed by atoms with Gasteiger partial charge in [-0.05, 0) is 45.0 Å². The molecule has 1 aliphatic rings. The third-order valence-corrected chi connectivity index (χ3v) is 6.13. The number of nitrogens with zero attached hydrogens (tertiary/aromatic N) is 6. The van der Waals surface area contributed by atoms with Crippen LogP contribution in [0.5, 0.6) is 0 Å². The molecule has 7 heteroatoms. The monoisotopic (exact) mass is 378 g/mol. The Hall–Kier alpha value is -2.38. The Balaban J connectivity index is 1.53. The van der Waals surface area contributed by atoms with Crippen LogP contribution >= 0.6 is 11.3 Å². The average molecular weight is 379 g/mol. The van der Waals surface area contributed by atoms with E-state index in [2.05, 4.69) is 38.3 Å². The smallest absolute Gasteiger partial charge is 0.235 e. The summed E-state index contributed by atoms with van der Waals surface area (Å²) in [6.07, 6.45) is 5.21. The molecule has 6 nitrogen and oxygen atoms in total. The lowest BCUT2D eigenvalue weighted by Crippen LogP contribution is -2.25. The van der Waals surface area contributed by atoms with Gasteiger partial charge in [0.05, 0.1) is 12.1 Å². The van der Waals surface area contributed by atoms with E-state index in [9.17, 15) is 0 Å². The number of rotatable bonds is 3. The second-order valence-corrected chi connectivity index (χ2v) is 8.19. The van der Waals surface area contributed by atoms with Crippen molar-refractivity contribution in [1.82, 2.24) is 29.7 Å². The normalized spacial score (nSPS) is 16.2. The van der Waals surface area contributed by atoms with Crippen molar-refractivity contribution in [3.63, 3.8) is 0 Å². The van der Waals surface area contributed by atoms with Crippen molar-refractivity contribution in [1.29, 1.82) is 0 Å². The Labute approximate surface area is 161 Å². The van der Waals surface area contributed by atoms with Crippen molar-refractivity contribution >= 4 is 27.2 Å². The van der Waals surface area contributed by atoms with Crippen molar-refractivity contribution in [2.75, 3.05) is 13.1 Å². The van der Waals surface area contributed by atoms with Crippen LogP contribution in [0.25, 0.3) is 26.4 Å². The lowest BCUT2D eigenvalue weighted by Gasteiger charge is -2.17. The van der Waals surface area contributed by atoms with Crippen LogP contribution in [0.1, 0.15) is 37.2 Å². The zero-order valence-electron chi connectivity index (χ0n) is 15.4. The molecule has 0 aliphatic carbocycles. The van der Waals surface area contributed by atoms with E-state index in [4.69, 9.17) is 5.10 Å². The van der Waals surface area contributed by atoms with Crippen molar-refractivity contribution in [2.45, 2.75) is 39.2 Å². The number of para-hydroxylation sites is 1. The molecular formula is C20H22N6S. The lowest BCUT2D eigenvalue weighted by atomic mass is 10.1. The summed E-state index contributed by atoms with van der Waals surface area (Å²) in [7, 11) is 0. The molecule has 0 spiro atoms. The molecule has 3 aromatic heterocycles. The first-order chi connectivity index (χ1) is 13.3. The predicted octanol–water partition coefficient (Wildman–Crippen LogP) is 4.09. The number of pyridine rings is 1. The first-order valence-corrected chi connectivity index (χ1v) is 10.4. The van der Waals surface area contributed by atoms with E-state index in [1.165, 1.54) is 25.7 Å². The molecule has 4 aromatic rings. The van der Waals surface area contributed by atoms with Gasteiger partial charge in [0.2, 0.25) is 4.96 Å². The van der Waals surface area contributed by atoms with Crippen molar-refractivity contribution in [3.05, 3.63) is 41.9 Å². The molecule has 0 bridgehead atoms.